The SMILES string of the molecule is CN(C)S(=O)(=O)CCNC(=O)Cn1cccc1C(=O)O. The van der Waals surface area contributed by atoms with Gasteiger partial charge < -0.3 is 15.0 Å². The van der Waals surface area contributed by atoms with Crippen LogP contribution in [0.3, 0.4) is 0 Å². The number of hydrogen-bond donors (Lipinski definition) is 2. The van der Waals surface area contributed by atoms with Crippen molar-refractivity contribution in [3.63, 3.8) is 0 Å². The summed E-state index contributed by atoms with van der Waals surface area (Å²) in [6.07, 6.45) is 1.47. The van der Waals surface area contributed by atoms with Crippen LogP contribution in [0.25, 0.3) is 0 Å². The van der Waals surface area contributed by atoms with Gasteiger partial charge in [-0.25, -0.2) is 17.5 Å². The lowest BCUT2D eigenvalue weighted by atomic mass is 10.4. The number of carbonyl (C=O) groups excluding carboxylic acids is 1. The molecular weight excluding hydrogens is 286 g/mol. The van der Waals surface area contributed by atoms with E-state index in [2.05, 4.69) is 5.32 Å². The molecule has 0 aromatic carbocycles. The van der Waals surface area contributed by atoms with Crippen molar-refractivity contribution < 1.29 is 23.1 Å². The van der Waals surface area contributed by atoms with Gasteiger partial charge in [0.05, 0.1) is 5.75 Å². The van der Waals surface area contributed by atoms with E-state index in [1.54, 1.807) is 0 Å². The molecule has 9 heteroatoms. The van der Waals surface area contributed by atoms with Crippen LogP contribution in [0.5, 0.6) is 0 Å². The predicted octanol–water partition coefficient (Wildman–Crippen LogP) is -0.806. The smallest absolute Gasteiger partial charge is 0.352 e. The molecule has 8 nitrogen and oxygen atoms in total. The van der Waals surface area contributed by atoms with Crippen molar-refractivity contribution in [1.29, 1.82) is 0 Å². The number of carbonyl (C=O) groups is 2. The van der Waals surface area contributed by atoms with E-state index in [0.29, 0.717) is 0 Å². The molecule has 0 bridgehead atoms. The lowest BCUT2D eigenvalue weighted by Gasteiger charge is -2.12. The molecule has 0 fully saturated rings. The minimum atomic E-state index is -3.36. The van der Waals surface area contributed by atoms with Gasteiger partial charge in [0, 0.05) is 26.8 Å². The largest absolute Gasteiger partial charge is 0.477 e. The van der Waals surface area contributed by atoms with Crippen molar-refractivity contribution >= 4 is 21.9 Å². The van der Waals surface area contributed by atoms with Crippen LogP contribution in [-0.2, 0) is 21.4 Å². The van der Waals surface area contributed by atoms with Crippen molar-refractivity contribution in [1.82, 2.24) is 14.2 Å². The average Bonchev–Trinajstić information content (AvgIpc) is 2.76. The Balaban J connectivity index is 2.49. The Morgan fingerprint density at radius 2 is 2.05 bits per heavy atom. The first kappa shape index (κ1) is 16.2. The summed E-state index contributed by atoms with van der Waals surface area (Å²) in [4.78, 5) is 22.5. The van der Waals surface area contributed by atoms with E-state index in [9.17, 15) is 18.0 Å². The van der Waals surface area contributed by atoms with E-state index in [1.807, 2.05) is 0 Å². The standard InChI is InChI=1S/C11H17N3O5S/c1-13(2)20(18,19)7-5-12-10(15)8-14-6-3-4-9(14)11(16)17/h3-4,6H,5,7-8H2,1-2H3,(H,12,15)(H,16,17). The van der Waals surface area contributed by atoms with E-state index in [-0.39, 0.29) is 24.5 Å². The molecule has 0 radical (unpaired) electrons. The Morgan fingerprint density at radius 1 is 1.40 bits per heavy atom. The zero-order valence-corrected chi connectivity index (χ0v) is 12.1. The lowest BCUT2D eigenvalue weighted by molar-refractivity contribution is -0.121. The van der Waals surface area contributed by atoms with Crippen LogP contribution in [0.4, 0.5) is 0 Å². The Hall–Kier alpha value is -1.87. The number of aromatic carboxylic acids is 1. The van der Waals surface area contributed by atoms with Crippen molar-refractivity contribution in [3.8, 4) is 0 Å². The molecule has 1 heterocycles. The second-order valence-corrected chi connectivity index (χ2v) is 6.58. The third kappa shape index (κ3) is 4.35. The summed E-state index contributed by atoms with van der Waals surface area (Å²) in [7, 11) is -0.534. The Labute approximate surface area is 117 Å². The van der Waals surface area contributed by atoms with Crippen LogP contribution < -0.4 is 5.32 Å². The number of sulfonamides is 1. The quantitative estimate of drug-likeness (QED) is 0.685. The van der Waals surface area contributed by atoms with Gasteiger partial charge in [-0.3, -0.25) is 4.79 Å². The van der Waals surface area contributed by atoms with E-state index < -0.39 is 21.9 Å². The van der Waals surface area contributed by atoms with Gasteiger partial charge >= 0.3 is 5.97 Å². The van der Waals surface area contributed by atoms with Gasteiger partial charge in [0.1, 0.15) is 12.2 Å². The first-order valence-electron chi connectivity index (χ1n) is 5.79. The molecule has 112 valence electrons. The molecule has 0 unspecified atom stereocenters. The van der Waals surface area contributed by atoms with Crippen LogP contribution in [0, 0.1) is 0 Å². The number of aromatic nitrogens is 1. The minimum absolute atomic E-state index is 0.000984. The molecular formula is C11H17N3O5S. The summed E-state index contributed by atoms with van der Waals surface area (Å²) in [6, 6.07) is 2.90. The van der Waals surface area contributed by atoms with Crippen molar-refractivity contribution in [2.45, 2.75) is 6.54 Å². The summed E-state index contributed by atoms with van der Waals surface area (Å²) < 4.78 is 25.3. The Kier molecular flexibility index (Phi) is 5.28. The first-order chi connectivity index (χ1) is 9.24. The van der Waals surface area contributed by atoms with Crippen molar-refractivity contribution in [2.24, 2.45) is 0 Å². The van der Waals surface area contributed by atoms with Gasteiger partial charge in [0.15, 0.2) is 0 Å². The Bertz CT molecular complexity index is 591. The second-order valence-electron chi connectivity index (χ2n) is 4.27. The summed E-state index contributed by atoms with van der Waals surface area (Å²) in [5.41, 5.74) is 0.000984. The fraction of sp³-hybridized carbons (Fsp3) is 0.455. The highest BCUT2D eigenvalue weighted by Gasteiger charge is 2.15. The normalized spacial score (nSPS) is 11.6. The van der Waals surface area contributed by atoms with Crippen LogP contribution in [0.1, 0.15) is 10.5 Å². The van der Waals surface area contributed by atoms with Crippen molar-refractivity contribution in [3.05, 3.63) is 24.0 Å². The Morgan fingerprint density at radius 3 is 2.60 bits per heavy atom. The minimum Gasteiger partial charge on any atom is -0.477 e. The van der Waals surface area contributed by atoms with E-state index in [1.165, 1.54) is 37.0 Å². The summed E-state index contributed by atoms with van der Waals surface area (Å²) in [5.74, 6) is -1.78. The molecule has 1 aromatic rings. The lowest BCUT2D eigenvalue weighted by Crippen LogP contribution is -2.35. The number of rotatable bonds is 7. The second kappa shape index (κ2) is 6.53. The highest BCUT2D eigenvalue weighted by atomic mass is 32.2. The number of amides is 1. The van der Waals surface area contributed by atoms with E-state index in [4.69, 9.17) is 5.11 Å². The van der Waals surface area contributed by atoms with Crippen molar-refractivity contribution in [2.75, 3.05) is 26.4 Å². The maximum absolute atomic E-state index is 11.6. The third-order valence-corrected chi connectivity index (χ3v) is 4.43. The molecule has 1 aromatic heterocycles. The van der Waals surface area contributed by atoms with E-state index >= 15 is 0 Å². The molecule has 0 aliphatic heterocycles. The molecule has 0 aliphatic carbocycles. The summed E-state index contributed by atoms with van der Waals surface area (Å²) in [6.45, 7) is -0.195. The fourth-order valence-electron chi connectivity index (χ4n) is 1.46. The highest BCUT2D eigenvalue weighted by Crippen LogP contribution is 2.01. The van der Waals surface area contributed by atoms with Crippen LogP contribution in [0.15, 0.2) is 18.3 Å². The van der Waals surface area contributed by atoms with Gasteiger partial charge in [0.25, 0.3) is 0 Å². The van der Waals surface area contributed by atoms with E-state index in [0.717, 1.165) is 4.31 Å². The molecule has 1 amide bonds. The monoisotopic (exact) mass is 303 g/mol. The van der Waals surface area contributed by atoms with Gasteiger partial charge in [-0.05, 0) is 12.1 Å². The van der Waals surface area contributed by atoms with Crippen LogP contribution in [-0.4, -0.2) is 60.7 Å². The average molecular weight is 303 g/mol. The fourth-order valence-corrected chi connectivity index (χ4v) is 2.18. The molecule has 0 atom stereocenters. The number of carboxylic acids is 1. The number of hydrogen-bond acceptors (Lipinski definition) is 4. The molecule has 0 aliphatic rings. The van der Waals surface area contributed by atoms with Gasteiger partial charge in [0.2, 0.25) is 15.9 Å². The number of nitrogens with one attached hydrogen (secondary N) is 1. The maximum atomic E-state index is 11.6. The molecule has 0 saturated heterocycles. The molecule has 0 saturated carbocycles. The molecule has 0 spiro atoms. The zero-order chi connectivity index (χ0) is 15.3. The zero-order valence-electron chi connectivity index (χ0n) is 11.2. The van der Waals surface area contributed by atoms with Gasteiger partial charge in [-0.1, -0.05) is 0 Å². The molecule has 20 heavy (non-hydrogen) atoms. The third-order valence-electron chi connectivity index (χ3n) is 2.60. The maximum Gasteiger partial charge on any atom is 0.352 e. The summed E-state index contributed by atoms with van der Waals surface area (Å²) in [5, 5.41) is 11.3. The predicted molar refractivity (Wildman–Crippen MR) is 71.9 cm³/mol. The highest BCUT2D eigenvalue weighted by molar-refractivity contribution is 7.89. The van der Waals surface area contributed by atoms with Crippen LogP contribution in [0.2, 0.25) is 0 Å². The van der Waals surface area contributed by atoms with Gasteiger partial charge in [-0.15, -0.1) is 0 Å². The van der Waals surface area contributed by atoms with Crippen LogP contribution >= 0.6 is 0 Å². The topological polar surface area (TPSA) is 109 Å². The molecule has 2 N–H and O–H groups in total. The summed E-state index contributed by atoms with van der Waals surface area (Å²) >= 11 is 0. The number of nitrogens with zero attached hydrogens (tertiary/aromatic N) is 2. The number of carboxylic acid groups (broad SMARTS) is 1. The molecule has 1 rings (SSSR count). The first-order valence-corrected chi connectivity index (χ1v) is 7.40. The van der Waals surface area contributed by atoms with Gasteiger partial charge in [-0.2, -0.15) is 0 Å².